The number of pyridine rings is 1. The van der Waals surface area contributed by atoms with Gasteiger partial charge in [0, 0.05) is 6.42 Å². The van der Waals surface area contributed by atoms with Crippen molar-refractivity contribution in [2.75, 3.05) is 19.0 Å². The Balaban J connectivity index is 1.56. The molecule has 1 aliphatic rings. The summed E-state index contributed by atoms with van der Waals surface area (Å²) in [4.78, 5) is 4.27. The van der Waals surface area contributed by atoms with Crippen LogP contribution < -0.4 is 14.8 Å². The Kier molecular flexibility index (Phi) is 3.23. The van der Waals surface area contributed by atoms with E-state index >= 15 is 0 Å². The van der Waals surface area contributed by atoms with E-state index in [1.165, 1.54) is 5.56 Å². The van der Waals surface area contributed by atoms with Crippen molar-refractivity contribution in [1.29, 1.82) is 0 Å². The Morgan fingerprint density at radius 1 is 1.32 bits per heavy atom. The summed E-state index contributed by atoms with van der Waals surface area (Å²) >= 11 is 0. The van der Waals surface area contributed by atoms with Crippen molar-refractivity contribution in [3.8, 4) is 11.5 Å². The zero-order valence-electron chi connectivity index (χ0n) is 10.8. The van der Waals surface area contributed by atoms with Gasteiger partial charge in [-0.05, 0) is 23.8 Å². The molecule has 0 bridgehead atoms. The van der Waals surface area contributed by atoms with Gasteiger partial charge in [0.15, 0.2) is 0 Å². The number of nitrogens with one attached hydrogen (secondary N) is 1. The number of hydrogen-bond donors (Lipinski definition) is 1. The van der Waals surface area contributed by atoms with Gasteiger partial charge >= 0.3 is 0 Å². The molecule has 1 aliphatic heterocycles. The molecule has 2 aromatic rings. The zero-order chi connectivity index (χ0) is 13.1. The number of rotatable bonds is 4. The number of methoxy groups -OCH3 is 1. The maximum atomic E-state index is 5.86. The highest BCUT2D eigenvalue weighted by Crippen LogP contribution is 2.28. The number of benzene rings is 1. The van der Waals surface area contributed by atoms with Crippen molar-refractivity contribution in [3.63, 3.8) is 0 Å². The Bertz CT molecular complexity index is 529. The van der Waals surface area contributed by atoms with Gasteiger partial charge < -0.3 is 14.8 Å². The average molecular weight is 256 g/mol. The van der Waals surface area contributed by atoms with Gasteiger partial charge in [0.2, 0.25) is 0 Å². The molecular weight excluding hydrogens is 240 g/mol. The SMILES string of the molecule is COc1ccc(NCC2Cc3ccccc3O2)nc1. The van der Waals surface area contributed by atoms with E-state index in [1.54, 1.807) is 13.3 Å². The Hall–Kier alpha value is -2.23. The van der Waals surface area contributed by atoms with Crippen LogP contribution in [-0.2, 0) is 6.42 Å². The highest BCUT2D eigenvalue weighted by molar-refractivity contribution is 5.40. The van der Waals surface area contributed by atoms with Crippen molar-refractivity contribution >= 4 is 5.82 Å². The molecule has 1 aromatic heterocycles. The molecular formula is C15H16N2O2. The second-order valence-corrected chi connectivity index (χ2v) is 4.52. The standard InChI is InChI=1S/C15H16N2O2/c1-18-12-6-7-15(16-9-12)17-10-13-8-11-4-2-3-5-14(11)19-13/h2-7,9,13H,8,10H2,1H3,(H,16,17). The number of para-hydroxylation sites is 1. The lowest BCUT2D eigenvalue weighted by molar-refractivity contribution is 0.246. The zero-order valence-corrected chi connectivity index (χ0v) is 10.8. The summed E-state index contributed by atoms with van der Waals surface area (Å²) in [5.74, 6) is 2.59. The molecule has 4 heteroatoms. The number of ether oxygens (including phenoxy) is 2. The fraction of sp³-hybridized carbons (Fsp3) is 0.267. The maximum Gasteiger partial charge on any atom is 0.137 e. The largest absolute Gasteiger partial charge is 0.495 e. The molecule has 19 heavy (non-hydrogen) atoms. The molecule has 0 saturated heterocycles. The first-order chi connectivity index (χ1) is 9.35. The Morgan fingerprint density at radius 3 is 2.95 bits per heavy atom. The first-order valence-corrected chi connectivity index (χ1v) is 6.33. The topological polar surface area (TPSA) is 43.4 Å². The third-order valence-corrected chi connectivity index (χ3v) is 3.20. The summed E-state index contributed by atoms with van der Waals surface area (Å²) in [7, 11) is 1.63. The van der Waals surface area contributed by atoms with E-state index in [9.17, 15) is 0 Å². The fourth-order valence-corrected chi connectivity index (χ4v) is 2.19. The predicted octanol–water partition coefficient (Wildman–Crippen LogP) is 2.51. The first kappa shape index (κ1) is 11.8. The molecule has 2 heterocycles. The summed E-state index contributed by atoms with van der Waals surface area (Å²) < 4.78 is 10.9. The van der Waals surface area contributed by atoms with Crippen molar-refractivity contribution < 1.29 is 9.47 Å². The average Bonchev–Trinajstić information content (AvgIpc) is 2.88. The van der Waals surface area contributed by atoms with Crippen molar-refractivity contribution in [2.24, 2.45) is 0 Å². The van der Waals surface area contributed by atoms with Gasteiger partial charge in [-0.1, -0.05) is 18.2 Å². The quantitative estimate of drug-likeness (QED) is 0.912. The third kappa shape index (κ3) is 2.62. The summed E-state index contributed by atoms with van der Waals surface area (Å²) in [6, 6.07) is 12.0. The van der Waals surface area contributed by atoms with Crippen LogP contribution in [0.4, 0.5) is 5.82 Å². The Morgan fingerprint density at radius 2 is 2.21 bits per heavy atom. The lowest BCUT2D eigenvalue weighted by Crippen LogP contribution is -2.24. The van der Waals surface area contributed by atoms with Gasteiger partial charge in [-0.15, -0.1) is 0 Å². The molecule has 98 valence electrons. The van der Waals surface area contributed by atoms with E-state index in [2.05, 4.69) is 16.4 Å². The summed E-state index contributed by atoms with van der Waals surface area (Å²) in [6.45, 7) is 0.744. The van der Waals surface area contributed by atoms with E-state index in [-0.39, 0.29) is 6.10 Å². The lowest BCUT2D eigenvalue weighted by Gasteiger charge is -2.12. The molecule has 0 aliphatic carbocycles. The van der Waals surface area contributed by atoms with Crippen LogP contribution in [0, 0.1) is 0 Å². The molecule has 0 radical (unpaired) electrons. The van der Waals surface area contributed by atoms with Gasteiger partial charge in [0.25, 0.3) is 0 Å². The van der Waals surface area contributed by atoms with E-state index in [0.29, 0.717) is 0 Å². The van der Waals surface area contributed by atoms with Gasteiger partial charge in [0.05, 0.1) is 19.9 Å². The van der Waals surface area contributed by atoms with Crippen molar-refractivity contribution in [3.05, 3.63) is 48.2 Å². The molecule has 4 nitrogen and oxygen atoms in total. The predicted molar refractivity (Wildman–Crippen MR) is 73.8 cm³/mol. The molecule has 1 N–H and O–H groups in total. The van der Waals surface area contributed by atoms with Crippen LogP contribution in [0.3, 0.4) is 0 Å². The highest BCUT2D eigenvalue weighted by atomic mass is 16.5. The molecule has 0 amide bonds. The first-order valence-electron chi connectivity index (χ1n) is 6.33. The summed E-state index contributed by atoms with van der Waals surface area (Å²) in [6.07, 6.45) is 2.81. The number of hydrogen-bond acceptors (Lipinski definition) is 4. The normalized spacial score (nSPS) is 16.6. The Labute approximate surface area is 112 Å². The minimum atomic E-state index is 0.168. The highest BCUT2D eigenvalue weighted by Gasteiger charge is 2.21. The van der Waals surface area contributed by atoms with E-state index in [0.717, 1.165) is 30.3 Å². The van der Waals surface area contributed by atoms with Crippen LogP contribution in [-0.4, -0.2) is 24.7 Å². The molecule has 1 atom stereocenters. The second-order valence-electron chi connectivity index (χ2n) is 4.52. The van der Waals surface area contributed by atoms with Crippen LogP contribution in [0.2, 0.25) is 0 Å². The fourth-order valence-electron chi connectivity index (χ4n) is 2.19. The van der Waals surface area contributed by atoms with Gasteiger partial charge in [-0.3, -0.25) is 0 Å². The second kappa shape index (κ2) is 5.18. The molecule has 3 rings (SSSR count). The molecule has 0 spiro atoms. The maximum absolute atomic E-state index is 5.86. The minimum absolute atomic E-state index is 0.168. The number of nitrogens with zero attached hydrogens (tertiary/aromatic N) is 1. The summed E-state index contributed by atoms with van der Waals surface area (Å²) in [5.41, 5.74) is 1.27. The molecule has 1 aromatic carbocycles. The number of fused-ring (bicyclic) bond motifs is 1. The number of anilines is 1. The number of aromatic nitrogens is 1. The van der Waals surface area contributed by atoms with Crippen molar-refractivity contribution in [2.45, 2.75) is 12.5 Å². The van der Waals surface area contributed by atoms with Crippen LogP contribution in [0.1, 0.15) is 5.56 Å². The van der Waals surface area contributed by atoms with Crippen LogP contribution in [0.15, 0.2) is 42.6 Å². The lowest BCUT2D eigenvalue weighted by atomic mass is 10.1. The van der Waals surface area contributed by atoms with E-state index in [1.807, 2.05) is 30.3 Å². The molecule has 1 unspecified atom stereocenters. The van der Waals surface area contributed by atoms with E-state index in [4.69, 9.17) is 9.47 Å². The molecule has 0 fully saturated rings. The van der Waals surface area contributed by atoms with Gasteiger partial charge in [0.1, 0.15) is 23.4 Å². The van der Waals surface area contributed by atoms with Crippen LogP contribution >= 0.6 is 0 Å². The summed E-state index contributed by atoms with van der Waals surface area (Å²) in [5, 5.41) is 3.28. The van der Waals surface area contributed by atoms with Crippen LogP contribution in [0.25, 0.3) is 0 Å². The van der Waals surface area contributed by atoms with Gasteiger partial charge in [-0.2, -0.15) is 0 Å². The smallest absolute Gasteiger partial charge is 0.137 e. The van der Waals surface area contributed by atoms with Crippen molar-refractivity contribution in [1.82, 2.24) is 4.98 Å². The van der Waals surface area contributed by atoms with Gasteiger partial charge in [-0.25, -0.2) is 4.98 Å². The van der Waals surface area contributed by atoms with E-state index < -0.39 is 0 Å². The third-order valence-electron chi connectivity index (χ3n) is 3.20. The van der Waals surface area contributed by atoms with Crippen LogP contribution in [0.5, 0.6) is 11.5 Å². The monoisotopic (exact) mass is 256 g/mol. The molecule has 0 saturated carbocycles. The minimum Gasteiger partial charge on any atom is -0.495 e.